The molecule has 21 heavy (non-hydrogen) atoms. The van der Waals surface area contributed by atoms with Crippen molar-refractivity contribution in [2.75, 3.05) is 6.61 Å². The number of hydrogen-bond donors (Lipinski definition) is 0. The number of ether oxygens (including phenoxy) is 1. The van der Waals surface area contributed by atoms with Crippen LogP contribution in [0.3, 0.4) is 0 Å². The predicted octanol–water partition coefficient (Wildman–Crippen LogP) is 3.21. The van der Waals surface area contributed by atoms with Crippen molar-refractivity contribution in [3.05, 3.63) is 71.3 Å². The van der Waals surface area contributed by atoms with E-state index in [1.54, 1.807) is 12.1 Å². The summed E-state index contributed by atoms with van der Waals surface area (Å²) < 4.78 is 5.45. The standard InChI is InChI=1S/C18H20O2.Sn.2H/c1-14-9-11-15(12-10-14)17(19)20-13-18(2,3)16-7-5-4-6-8-16;;;/h4-12H,13H2,1-3H3;;;. The number of benzene rings is 2. The van der Waals surface area contributed by atoms with E-state index >= 15 is 0 Å². The SMILES string of the molecule is Cc1ccc(C(=O)OCC(C)(C)c2ccccc2)cc1.[SnH2]. The summed E-state index contributed by atoms with van der Waals surface area (Å²) in [5, 5.41) is 0. The maximum atomic E-state index is 12.0. The van der Waals surface area contributed by atoms with Crippen molar-refractivity contribution >= 4 is 29.9 Å². The molecule has 0 amide bonds. The molecule has 0 aliphatic carbocycles. The van der Waals surface area contributed by atoms with Gasteiger partial charge in [-0.1, -0.05) is 61.9 Å². The van der Waals surface area contributed by atoms with E-state index in [4.69, 9.17) is 4.74 Å². The van der Waals surface area contributed by atoms with E-state index in [1.807, 2.05) is 37.3 Å². The Morgan fingerprint density at radius 3 is 2.14 bits per heavy atom. The number of carbonyl (C=O) groups excluding carboxylic acids is 1. The summed E-state index contributed by atoms with van der Waals surface area (Å²) >= 11 is 0. The molecule has 0 aliphatic heterocycles. The van der Waals surface area contributed by atoms with Gasteiger partial charge in [0, 0.05) is 5.41 Å². The van der Waals surface area contributed by atoms with Gasteiger partial charge >= 0.3 is 29.9 Å². The van der Waals surface area contributed by atoms with Gasteiger partial charge in [0.15, 0.2) is 0 Å². The molecule has 110 valence electrons. The second-order valence-electron chi connectivity index (χ2n) is 5.69. The zero-order valence-corrected chi connectivity index (χ0v) is 17.0. The van der Waals surface area contributed by atoms with Crippen molar-refractivity contribution in [2.45, 2.75) is 26.2 Å². The monoisotopic (exact) mass is 390 g/mol. The Balaban J connectivity index is 0.00000220. The van der Waals surface area contributed by atoms with E-state index < -0.39 is 0 Å². The molecule has 2 rings (SSSR count). The van der Waals surface area contributed by atoms with Gasteiger partial charge in [-0.25, -0.2) is 4.79 Å². The average molecular weight is 389 g/mol. The fourth-order valence-corrected chi connectivity index (χ4v) is 1.99. The molecule has 2 radical (unpaired) electrons. The van der Waals surface area contributed by atoms with E-state index in [9.17, 15) is 4.79 Å². The van der Waals surface area contributed by atoms with Crippen LogP contribution in [0.5, 0.6) is 0 Å². The average Bonchev–Trinajstić information content (AvgIpc) is 2.46. The molecule has 0 aliphatic rings. The van der Waals surface area contributed by atoms with Crippen molar-refractivity contribution in [1.82, 2.24) is 0 Å². The Morgan fingerprint density at radius 2 is 1.57 bits per heavy atom. The van der Waals surface area contributed by atoms with Crippen LogP contribution in [-0.4, -0.2) is 36.5 Å². The van der Waals surface area contributed by atoms with Gasteiger partial charge in [-0.15, -0.1) is 0 Å². The zero-order valence-electron chi connectivity index (χ0n) is 12.9. The summed E-state index contributed by atoms with van der Waals surface area (Å²) in [4.78, 5) is 12.0. The van der Waals surface area contributed by atoms with Gasteiger partial charge in [-0.2, -0.15) is 0 Å². The Hall–Kier alpha value is -1.29. The molecule has 0 spiro atoms. The zero-order chi connectivity index (χ0) is 14.6. The van der Waals surface area contributed by atoms with Crippen LogP contribution in [0.25, 0.3) is 0 Å². The van der Waals surface area contributed by atoms with Crippen LogP contribution in [0, 0.1) is 6.92 Å². The van der Waals surface area contributed by atoms with Crippen LogP contribution in [0.4, 0.5) is 0 Å². The minimum atomic E-state index is -0.269. The van der Waals surface area contributed by atoms with Crippen LogP contribution in [0.1, 0.15) is 35.3 Å². The van der Waals surface area contributed by atoms with Crippen LogP contribution in [-0.2, 0) is 10.2 Å². The van der Waals surface area contributed by atoms with Crippen molar-refractivity contribution < 1.29 is 9.53 Å². The second kappa shape index (κ2) is 7.64. The molecule has 0 saturated carbocycles. The number of hydrogen-bond acceptors (Lipinski definition) is 2. The van der Waals surface area contributed by atoms with E-state index in [2.05, 4.69) is 26.0 Å². The Labute approximate surface area is 143 Å². The summed E-state index contributed by atoms with van der Waals surface area (Å²) in [7, 11) is 0. The van der Waals surface area contributed by atoms with Gasteiger partial charge in [0.2, 0.25) is 0 Å². The quantitative estimate of drug-likeness (QED) is 0.593. The maximum absolute atomic E-state index is 12.0. The minimum absolute atomic E-state index is 0. The molecule has 0 bridgehead atoms. The van der Waals surface area contributed by atoms with Crippen molar-refractivity contribution in [3.8, 4) is 0 Å². The van der Waals surface area contributed by atoms with Crippen molar-refractivity contribution in [3.63, 3.8) is 0 Å². The van der Waals surface area contributed by atoms with Crippen molar-refractivity contribution in [2.24, 2.45) is 0 Å². The fraction of sp³-hybridized carbons (Fsp3) is 0.278. The number of esters is 1. The third-order valence-electron chi connectivity index (χ3n) is 3.41. The molecule has 0 unspecified atom stereocenters. The molecular weight excluding hydrogens is 367 g/mol. The Morgan fingerprint density at radius 1 is 1.00 bits per heavy atom. The third kappa shape index (κ3) is 4.88. The van der Waals surface area contributed by atoms with Gasteiger partial charge in [-0.3, -0.25) is 0 Å². The normalized spacial score (nSPS) is 10.6. The molecular formula is C18H22O2Sn. The first-order valence-electron chi connectivity index (χ1n) is 6.78. The third-order valence-corrected chi connectivity index (χ3v) is 3.41. The molecule has 2 nitrogen and oxygen atoms in total. The van der Waals surface area contributed by atoms with E-state index in [0.29, 0.717) is 12.2 Å². The first-order chi connectivity index (χ1) is 9.49. The van der Waals surface area contributed by atoms with Crippen LogP contribution < -0.4 is 0 Å². The summed E-state index contributed by atoms with van der Waals surface area (Å²) in [5.41, 5.74) is 2.70. The molecule has 2 aromatic carbocycles. The fourth-order valence-electron chi connectivity index (χ4n) is 1.99. The number of carbonyl (C=O) groups is 1. The van der Waals surface area contributed by atoms with Gasteiger partial charge in [0.1, 0.15) is 6.61 Å². The van der Waals surface area contributed by atoms with E-state index in [-0.39, 0.29) is 35.3 Å². The van der Waals surface area contributed by atoms with Crippen LogP contribution >= 0.6 is 0 Å². The number of aryl methyl sites for hydroxylation is 1. The van der Waals surface area contributed by atoms with Gasteiger partial charge < -0.3 is 4.74 Å². The first-order valence-corrected chi connectivity index (χ1v) is 6.78. The summed E-state index contributed by atoms with van der Waals surface area (Å²) in [6.45, 7) is 6.51. The van der Waals surface area contributed by atoms with Gasteiger partial charge in [0.25, 0.3) is 0 Å². The van der Waals surface area contributed by atoms with Gasteiger partial charge in [-0.05, 0) is 24.6 Å². The Kier molecular flexibility index (Phi) is 6.46. The molecule has 0 atom stereocenters. The predicted molar refractivity (Wildman–Crippen MR) is 89.5 cm³/mol. The molecule has 0 heterocycles. The van der Waals surface area contributed by atoms with Crippen LogP contribution in [0.15, 0.2) is 54.6 Å². The van der Waals surface area contributed by atoms with E-state index in [0.717, 1.165) is 11.1 Å². The topological polar surface area (TPSA) is 26.3 Å². The summed E-state index contributed by atoms with van der Waals surface area (Å²) in [5.74, 6) is -0.269. The molecule has 2 aromatic rings. The molecule has 0 saturated heterocycles. The number of rotatable bonds is 4. The molecule has 3 heteroatoms. The second-order valence-corrected chi connectivity index (χ2v) is 5.69. The van der Waals surface area contributed by atoms with Crippen LogP contribution in [0.2, 0.25) is 0 Å². The van der Waals surface area contributed by atoms with E-state index in [1.165, 1.54) is 0 Å². The molecule has 0 aromatic heterocycles. The molecule has 0 fully saturated rings. The Bertz CT molecular complexity index is 574. The summed E-state index contributed by atoms with van der Waals surface area (Å²) in [6.07, 6.45) is 0. The van der Waals surface area contributed by atoms with Crippen molar-refractivity contribution in [1.29, 1.82) is 0 Å². The van der Waals surface area contributed by atoms with Gasteiger partial charge in [0.05, 0.1) is 5.56 Å². The molecule has 0 N–H and O–H groups in total. The summed E-state index contributed by atoms with van der Waals surface area (Å²) in [6, 6.07) is 17.5. The first kappa shape index (κ1) is 17.8.